The van der Waals surface area contributed by atoms with Crippen molar-refractivity contribution in [1.82, 2.24) is 15.1 Å². The number of allylic oxidation sites excluding steroid dienone is 1. The van der Waals surface area contributed by atoms with Crippen LogP contribution < -0.4 is 5.32 Å². The van der Waals surface area contributed by atoms with Crippen LogP contribution in [-0.4, -0.2) is 99.1 Å². The summed E-state index contributed by atoms with van der Waals surface area (Å²) in [6, 6.07) is 7.81. The minimum atomic E-state index is -1.28. The van der Waals surface area contributed by atoms with E-state index in [1.807, 2.05) is 35.2 Å². The number of benzene rings is 1. The molecule has 1 spiro atoms. The van der Waals surface area contributed by atoms with Crippen LogP contribution in [0, 0.1) is 11.8 Å². The lowest BCUT2D eigenvalue weighted by molar-refractivity contribution is -0.160. The number of fused-ring (bicyclic) bond motifs is 1. The van der Waals surface area contributed by atoms with E-state index in [1.165, 1.54) is 4.90 Å². The summed E-state index contributed by atoms with van der Waals surface area (Å²) < 4.78 is 12.5. The highest BCUT2D eigenvalue weighted by Crippen LogP contribution is 2.61. The third-order valence-electron chi connectivity index (χ3n) is 10.3. The van der Waals surface area contributed by atoms with Gasteiger partial charge in [-0.25, -0.2) is 0 Å². The summed E-state index contributed by atoms with van der Waals surface area (Å²) in [5.74, 6) is -3.30. The average Bonchev–Trinajstić information content (AvgIpc) is 3.67. The number of rotatable bonds is 15. The zero-order valence-corrected chi connectivity index (χ0v) is 28.8. The second-order valence-electron chi connectivity index (χ2n) is 13.4. The fourth-order valence-electron chi connectivity index (χ4n) is 8.15. The lowest BCUT2D eigenvalue weighted by atomic mass is 9.70. The van der Waals surface area contributed by atoms with Crippen molar-refractivity contribution in [2.45, 2.75) is 105 Å². The number of aliphatic hydroxyl groups excluding tert-OH is 1. The van der Waals surface area contributed by atoms with E-state index in [0.717, 1.165) is 37.7 Å². The third kappa shape index (κ3) is 7.08. The number of nitrogens with one attached hydrogen (secondary N) is 1. The molecular weight excluding hydrogens is 666 g/mol. The van der Waals surface area contributed by atoms with E-state index < -0.39 is 47.7 Å². The molecule has 1 aromatic carbocycles. The Hall–Kier alpha value is -3.02. The minimum absolute atomic E-state index is 0.00465. The van der Waals surface area contributed by atoms with Crippen LogP contribution in [0.1, 0.15) is 63.9 Å². The highest BCUT2D eigenvalue weighted by atomic mass is 79.9. The van der Waals surface area contributed by atoms with Gasteiger partial charge in [-0.05, 0) is 44.6 Å². The molecule has 2 N–H and O–H groups in total. The van der Waals surface area contributed by atoms with Gasteiger partial charge in [0.15, 0.2) is 0 Å². The molecule has 4 aliphatic rings. The van der Waals surface area contributed by atoms with E-state index >= 15 is 0 Å². The van der Waals surface area contributed by atoms with Gasteiger partial charge in [0, 0.05) is 23.8 Å². The molecule has 0 radical (unpaired) electrons. The fourth-order valence-corrected chi connectivity index (χ4v) is 9.09. The molecule has 5 rings (SSSR count). The van der Waals surface area contributed by atoms with Gasteiger partial charge < -0.3 is 29.7 Å². The topological polar surface area (TPSA) is 125 Å². The monoisotopic (exact) mass is 713 g/mol. The highest BCUT2D eigenvalue weighted by Gasteiger charge is 2.77. The summed E-state index contributed by atoms with van der Waals surface area (Å²) in [7, 11) is 0. The first-order valence-corrected chi connectivity index (χ1v) is 17.9. The Kier molecular flexibility index (Phi) is 11.6. The van der Waals surface area contributed by atoms with Crippen LogP contribution in [0.5, 0.6) is 0 Å². The number of halogens is 1. The maximum absolute atomic E-state index is 14.9. The van der Waals surface area contributed by atoms with Crippen LogP contribution in [0.15, 0.2) is 55.6 Å². The van der Waals surface area contributed by atoms with Gasteiger partial charge in [0.25, 0.3) is 0 Å². The SMILES string of the molecule is C=CCCC(=O)NC[C@H](C)OC(=O)[C@H]1[C@@H]2O[C@@]3(CC2Br)[C@@H]1C(=O)N([C@@H](CO)Cc1ccccc1)[C@@H]3C(=O)N(CC=C)C1CCCCC1. The molecular formula is C36H48BrN3O7. The molecule has 11 heteroatoms. The maximum atomic E-state index is 14.9. The predicted octanol–water partition coefficient (Wildman–Crippen LogP) is 3.70. The molecule has 3 heterocycles. The molecule has 47 heavy (non-hydrogen) atoms. The molecule has 4 fully saturated rings. The molecule has 10 nitrogen and oxygen atoms in total. The first-order valence-electron chi connectivity index (χ1n) is 16.9. The number of carbonyl (C=O) groups excluding carboxylic acids is 4. The lowest BCUT2D eigenvalue weighted by Crippen LogP contribution is -2.61. The van der Waals surface area contributed by atoms with E-state index in [1.54, 1.807) is 19.1 Å². The molecule has 1 aliphatic carbocycles. The van der Waals surface area contributed by atoms with Crippen LogP contribution in [0.4, 0.5) is 0 Å². The van der Waals surface area contributed by atoms with Crippen molar-refractivity contribution in [3.8, 4) is 0 Å². The number of hydrogen-bond acceptors (Lipinski definition) is 7. The largest absolute Gasteiger partial charge is 0.460 e. The van der Waals surface area contributed by atoms with E-state index in [4.69, 9.17) is 9.47 Å². The number of ether oxygens (including phenoxy) is 2. The van der Waals surface area contributed by atoms with Gasteiger partial charge in [-0.2, -0.15) is 0 Å². The molecule has 3 saturated heterocycles. The highest BCUT2D eigenvalue weighted by molar-refractivity contribution is 9.09. The molecule has 1 saturated carbocycles. The predicted molar refractivity (Wildman–Crippen MR) is 180 cm³/mol. The van der Waals surface area contributed by atoms with Crippen LogP contribution in [0.25, 0.3) is 0 Å². The zero-order chi connectivity index (χ0) is 33.7. The van der Waals surface area contributed by atoms with Crippen molar-refractivity contribution in [2.75, 3.05) is 19.7 Å². The second kappa shape index (κ2) is 15.5. The summed E-state index contributed by atoms with van der Waals surface area (Å²) in [5, 5.41) is 13.5. The van der Waals surface area contributed by atoms with E-state index in [-0.39, 0.29) is 48.2 Å². The minimum Gasteiger partial charge on any atom is -0.460 e. The summed E-state index contributed by atoms with van der Waals surface area (Å²) >= 11 is 3.73. The van der Waals surface area contributed by atoms with Gasteiger partial charge >= 0.3 is 5.97 Å². The summed E-state index contributed by atoms with van der Waals surface area (Å²) in [4.78, 5) is 58.7. The van der Waals surface area contributed by atoms with Gasteiger partial charge in [-0.15, -0.1) is 13.2 Å². The number of amides is 3. The number of aliphatic hydroxyl groups is 1. The van der Waals surface area contributed by atoms with Crippen molar-refractivity contribution in [2.24, 2.45) is 11.8 Å². The van der Waals surface area contributed by atoms with Gasteiger partial charge in [0.05, 0.1) is 37.1 Å². The van der Waals surface area contributed by atoms with E-state index in [9.17, 15) is 24.3 Å². The number of nitrogens with zero attached hydrogens (tertiary/aromatic N) is 2. The summed E-state index contributed by atoms with van der Waals surface area (Å²) in [6.45, 7) is 9.33. The molecule has 1 aromatic rings. The Morgan fingerprint density at radius 2 is 1.91 bits per heavy atom. The molecule has 3 aliphatic heterocycles. The number of hydrogen-bond donors (Lipinski definition) is 2. The van der Waals surface area contributed by atoms with E-state index in [0.29, 0.717) is 25.8 Å². The first-order chi connectivity index (χ1) is 22.7. The van der Waals surface area contributed by atoms with Gasteiger partial charge in [-0.1, -0.05) is 77.7 Å². The van der Waals surface area contributed by atoms with Gasteiger partial charge in [-0.3, -0.25) is 19.2 Å². The summed E-state index contributed by atoms with van der Waals surface area (Å²) in [5.41, 5.74) is -0.365. The zero-order valence-electron chi connectivity index (χ0n) is 27.2. The molecule has 2 bridgehead atoms. The quantitative estimate of drug-likeness (QED) is 0.161. The number of alkyl halides is 1. The van der Waals surface area contributed by atoms with Crippen LogP contribution in [0.3, 0.4) is 0 Å². The normalized spacial score (nSPS) is 29.6. The van der Waals surface area contributed by atoms with Gasteiger partial charge in [0.1, 0.15) is 17.7 Å². The number of carbonyl (C=O) groups is 4. The Balaban J connectivity index is 1.47. The average molecular weight is 715 g/mol. The third-order valence-corrected chi connectivity index (χ3v) is 11.1. The first kappa shape index (κ1) is 35.3. The van der Waals surface area contributed by atoms with Crippen molar-refractivity contribution < 1.29 is 33.8 Å². The Labute approximate surface area is 286 Å². The lowest BCUT2D eigenvalue weighted by Gasteiger charge is -2.42. The van der Waals surface area contributed by atoms with E-state index in [2.05, 4.69) is 34.4 Å². The van der Waals surface area contributed by atoms with Crippen molar-refractivity contribution in [3.05, 3.63) is 61.2 Å². The fraction of sp³-hybridized carbons (Fsp3) is 0.611. The standard InChI is InChI=1S/C36H48BrN3O7/c1-4-6-17-28(42)38-21-23(3)46-35(45)29-30-33(43)40(26(22-41)19-24-13-9-7-10-14-24)32(36(30)20-27(37)31(29)47-36)34(44)39(18-5-2)25-15-11-8-12-16-25/h4-5,7,9-10,13-14,23,25-27,29-32,41H,1-2,6,8,11-12,15-22H2,3H3,(H,38,42)/t23-,26+,27?,29+,30-,31+,32+,36-/m0/s1. The second-order valence-corrected chi connectivity index (χ2v) is 14.6. The van der Waals surface area contributed by atoms with Crippen LogP contribution in [0.2, 0.25) is 0 Å². The van der Waals surface area contributed by atoms with Crippen LogP contribution in [-0.2, 0) is 35.1 Å². The Morgan fingerprint density at radius 3 is 2.57 bits per heavy atom. The molecule has 8 atom stereocenters. The Morgan fingerprint density at radius 1 is 1.19 bits per heavy atom. The number of likely N-dealkylation sites (tertiary alicyclic amines) is 1. The van der Waals surface area contributed by atoms with Crippen molar-refractivity contribution in [3.63, 3.8) is 0 Å². The summed E-state index contributed by atoms with van der Waals surface area (Å²) in [6.07, 6.45) is 8.46. The molecule has 0 aromatic heterocycles. The van der Waals surface area contributed by atoms with Crippen molar-refractivity contribution >= 4 is 39.6 Å². The maximum Gasteiger partial charge on any atom is 0.312 e. The van der Waals surface area contributed by atoms with Crippen LogP contribution >= 0.6 is 15.9 Å². The smallest absolute Gasteiger partial charge is 0.312 e. The van der Waals surface area contributed by atoms with Gasteiger partial charge in [0.2, 0.25) is 17.7 Å². The molecule has 3 amide bonds. The molecule has 256 valence electrons. The van der Waals surface area contributed by atoms with Crippen molar-refractivity contribution in [1.29, 1.82) is 0 Å². The number of esters is 1. The molecule has 1 unspecified atom stereocenters. The Bertz CT molecular complexity index is 1320.